The number of anilines is 2. The Morgan fingerprint density at radius 1 is 1.03 bits per heavy atom. The molecule has 0 unspecified atom stereocenters. The third-order valence-corrected chi connectivity index (χ3v) is 6.96. The molecular formula is C25H25F2N5O3S. The Kier molecular flexibility index (Phi) is 7.58. The summed E-state index contributed by atoms with van der Waals surface area (Å²) in [6, 6.07) is 8.94. The van der Waals surface area contributed by atoms with Gasteiger partial charge in [-0.05, 0) is 60.3 Å². The Labute approximate surface area is 210 Å². The van der Waals surface area contributed by atoms with Crippen LogP contribution in [0.1, 0.15) is 63.9 Å². The number of rotatable bonds is 7. The summed E-state index contributed by atoms with van der Waals surface area (Å²) in [5.74, 6) is -3.36. The molecule has 8 nitrogen and oxygen atoms in total. The van der Waals surface area contributed by atoms with Crippen molar-refractivity contribution in [3.63, 3.8) is 0 Å². The predicted octanol–water partition coefficient (Wildman–Crippen LogP) is 3.94. The highest BCUT2D eigenvalue weighted by atomic mass is 32.1. The second kappa shape index (κ2) is 10.8. The Bertz CT molecular complexity index is 1270. The van der Waals surface area contributed by atoms with Gasteiger partial charge in [-0.25, -0.2) is 8.78 Å². The van der Waals surface area contributed by atoms with E-state index < -0.39 is 35.4 Å². The van der Waals surface area contributed by atoms with Crippen molar-refractivity contribution < 1.29 is 23.2 Å². The summed E-state index contributed by atoms with van der Waals surface area (Å²) in [4.78, 5) is 40.2. The summed E-state index contributed by atoms with van der Waals surface area (Å²) in [5.41, 5.74) is 11.2. The largest absolute Gasteiger partial charge is 0.395 e. The highest BCUT2D eigenvalue weighted by molar-refractivity contribution is 7.09. The first-order valence-electron chi connectivity index (χ1n) is 11.5. The monoisotopic (exact) mass is 513 g/mol. The number of halogens is 2. The molecule has 3 aromatic rings. The van der Waals surface area contributed by atoms with Gasteiger partial charge in [-0.15, -0.1) is 0 Å². The molecule has 0 spiro atoms. The number of amides is 3. The van der Waals surface area contributed by atoms with E-state index in [9.17, 15) is 23.2 Å². The summed E-state index contributed by atoms with van der Waals surface area (Å²) < 4.78 is 31.9. The molecular weight excluding hydrogens is 488 g/mol. The molecule has 2 aromatic carbocycles. The average molecular weight is 514 g/mol. The number of hydrogen-bond donors (Lipinski definition) is 3. The number of benzene rings is 2. The molecule has 1 fully saturated rings. The fraction of sp³-hybridized carbons (Fsp3) is 0.280. The first-order chi connectivity index (χ1) is 17.3. The van der Waals surface area contributed by atoms with Crippen LogP contribution in [0.15, 0.2) is 48.5 Å². The molecule has 5 N–H and O–H groups in total. The van der Waals surface area contributed by atoms with Gasteiger partial charge < -0.3 is 16.8 Å². The van der Waals surface area contributed by atoms with Crippen molar-refractivity contribution in [2.75, 3.05) is 10.6 Å². The normalized spacial score (nSPS) is 14.7. The number of hydrogen-bond acceptors (Lipinski definition) is 6. The summed E-state index contributed by atoms with van der Waals surface area (Å²) in [6.45, 7) is 0. The molecule has 11 heteroatoms. The molecule has 1 aliphatic carbocycles. The number of carbonyl (C=O) groups is 3. The van der Waals surface area contributed by atoms with E-state index in [-0.39, 0.29) is 28.0 Å². The fourth-order valence-electron chi connectivity index (χ4n) is 4.34. The maximum atomic E-state index is 14.3. The van der Waals surface area contributed by atoms with Crippen molar-refractivity contribution in [1.29, 1.82) is 0 Å². The molecule has 1 atom stereocenters. The highest BCUT2D eigenvalue weighted by Crippen LogP contribution is 2.34. The number of nitrogens with zero attached hydrogens (tertiary/aromatic N) is 2. The summed E-state index contributed by atoms with van der Waals surface area (Å²) >= 11 is 0.650. The molecule has 1 saturated carbocycles. The van der Waals surface area contributed by atoms with Gasteiger partial charge in [0.25, 0.3) is 11.8 Å². The van der Waals surface area contributed by atoms with E-state index in [0.29, 0.717) is 17.1 Å². The van der Waals surface area contributed by atoms with Gasteiger partial charge in [0.2, 0.25) is 5.91 Å². The van der Waals surface area contributed by atoms with Gasteiger partial charge in [-0.3, -0.25) is 19.3 Å². The lowest BCUT2D eigenvalue weighted by atomic mass is 9.94. The Morgan fingerprint density at radius 3 is 2.33 bits per heavy atom. The van der Waals surface area contributed by atoms with E-state index in [2.05, 4.69) is 9.69 Å². The van der Waals surface area contributed by atoms with Gasteiger partial charge in [0.1, 0.15) is 22.6 Å². The third-order valence-electron chi connectivity index (χ3n) is 6.10. The molecule has 0 bridgehead atoms. The zero-order valence-electron chi connectivity index (χ0n) is 19.2. The van der Waals surface area contributed by atoms with Crippen LogP contribution >= 0.6 is 11.5 Å². The van der Waals surface area contributed by atoms with E-state index in [1.807, 2.05) is 0 Å². The van der Waals surface area contributed by atoms with Gasteiger partial charge in [0.15, 0.2) is 5.69 Å². The van der Waals surface area contributed by atoms with E-state index in [1.54, 1.807) is 0 Å². The molecule has 36 heavy (non-hydrogen) atoms. The first-order valence-corrected chi connectivity index (χ1v) is 12.2. The topological polar surface area (TPSA) is 131 Å². The van der Waals surface area contributed by atoms with Gasteiger partial charge in [0.05, 0.1) is 5.69 Å². The minimum absolute atomic E-state index is 0.0709. The number of nitrogens with two attached hydrogens (primary N) is 2. The summed E-state index contributed by atoms with van der Waals surface area (Å²) in [7, 11) is 0. The van der Waals surface area contributed by atoms with Crippen molar-refractivity contribution in [3.8, 4) is 0 Å². The van der Waals surface area contributed by atoms with Crippen molar-refractivity contribution in [1.82, 2.24) is 9.69 Å². The van der Waals surface area contributed by atoms with Crippen LogP contribution in [0.25, 0.3) is 0 Å². The van der Waals surface area contributed by atoms with Crippen LogP contribution in [-0.4, -0.2) is 28.1 Å². The maximum absolute atomic E-state index is 14.3. The molecule has 3 amide bonds. The standard InChI is InChI=1S/C25H25F2N5O3S/c26-15-11-9-14(10-12-15)21(24(34)30-17-6-2-1-3-7-17)32(18-8-4-5-16(27)13-18)25(35)22-19(28)20(23(29)33)31-36-22/h4-5,8-13,17,21H,1-3,6-7,28H2,(H2,29,33)(H,30,34)/t21-/m1/s1. The van der Waals surface area contributed by atoms with E-state index in [4.69, 9.17) is 11.5 Å². The number of nitrogens with one attached hydrogen (secondary N) is 1. The number of carbonyl (C=O) groups excluding carboxylic acids is 3. The van der Waals surface area contributed by atoms with Crippen molar-refractivity contribution in [3.05, 3.63) is 76.3 Å². The van der Waals surface area contributed by atoms with Gasteiger partial charge in [-0.1, -0.05) is 37.5 Å². The van der Waals surface area contributed by atoms with Crippen molar-refractivity contribution in [2.24, 2.45) is 5.73 Å². The lowest BCUT2D eigenvalue weighted by molar-refractivity contribution is -0.123. The molecule has 0 radical (unpaired) electrons. The van der Waals surface area contributed by atoms with Gasteiger partial charge >= 0.3 is 0 Å². The Balaban J connectivity index is 1.84. The van der Waals surface area contributed by atoms with Crippen LogP contribution in [0, 0.1) is 11.6 Å². The van der Waals surface area contributed by atoms with E-state index in [0.717, 1.165) is 43.1 Å². The Morgan fingerprint density at radius 2 is 1.72 bits per heavy atom. The maximum Gasteiger partial charge on any atom is 0.273 e. The van der Waals surface area contributed by atoms with Crippen LogP contribution in [0.5, 0.6) is 0 Å². The van der Waals surface area contributed by atoms with Gasteiger partial charge in [-0.2, -0.15) is 4.37 Å². The van der Waals surface area contributed by atoms with Crippen LogP contribution in [0.4, 0.5) is 20.2 Å². The fourth-order valence-corrected chi connectivity index (χ4v) is 5.08. The van der Waals surface area contributed by atoms with Crippen LogP contribution in [-0.2, 0) is 4.79 Å². The summed E-state index contributed by atoms with van der Waals surface area (Å²) in [5, 5.41) is 3.00. The van der Waals surface area contributed by atoms with Crippen molar-refractivity contribution >= 4 is 40.6 Å². The number of aromatic nitrogens is 1. The smallest absolute Gasteiger partial charge is 0.273 e. The predicted molar refractivity (Wildman–Crippen MR) is 132 cm³/mol. The lowest BCUT2D eigenvalue weighted by Gasteiger charge is -2.33. The number of nitrogen functional groups attached to an aromatic ring is 1. The lowest BCUT2D eigenvalue weighted by Crippen LogP contribution is -2.47. The quantitative estimate of drug-likeness (QED) is 0.440. The Hall–Kier alpha value is -3.86. The molecule has 1 aliphatic rings. The molecule has 0 aliphatic heterocycles. The number of primary amides is 1. The first kappa shape index (κ1) is 25.2. The minimum Gasteiger partial charge on any atom is -0.395 e. The third kappa shape index (κ3) is 5.35. The SMILES string of the molecule is NC(=O)c1nsc(C(=O)N(c2cccc(F)c2)[C@@H](C(=O)NC2CCCCC2)c2ccc(F)cc2)c1N. The second-order valence-corrected chi connectivity index (χ2v) is 9.36. The van der Waals surface area contributed by atoms with Crippen LogP contribution < -0.4 is 21.7 Å². The second-order valence-electron chi connectivity index (χ2n) is 8.59. The molecule has 0 saturated heterocycles. The molecule has 4 rings (SSSR count). The summed E-state index contributed by atoms with van der Waals surface area (Å²) in [6.07, 6.45) is 4.59. The zero-order chi connectivity index (χ0) is 25.8. The molecule has 1 aromatic heterocycles. The van der Waals surface area contributed by atoms with E-state index >= 15 is 0 Å². The molecule has 188 valence electrons. The highest BCUT2D eigenvalue weighted by Gasteiger charge is 2.37. The average Bonchev–Trinajstić information content (AvgIpc) is 3.25. The molecule has 1 heterocycles. The minimum atomic E-state index is -1.29. The zero-order valence-corrected chi connectivity index (χ0v) is 20.1. The van der Waals surface area contributed by atoms with Crippen molar-refractivity contribution in [2.45, 2.75) is 44.2 Å². The van der Waals surface area contributed by atoms with Crippen LogP contribution in [0.3, 0.4) is 0 Å². The van der Waals surface area contributed by atoms with E-state index in [1.165, 1.54) is 42.5 Å². The van der Waals surface area contributed by atoms with Gasteiger partial charge in [0, 0.05) is 11.7 Å². The van der Waals surface area contributed by atoms with Crippen LogP contribution in [0.2, 0.25) is 0 Å².